The molecular formula is C7H10N2O2S. The third kappa shape index (κ3) is 1.48. The molecule has 2 N–H and O–H groups in total. The van der Waals surface area contributed by atoms with E-state index in [-0.39, 0.29) is 17.5 Å². The molecule has 2 rings (SSSR count). The summed E-state index contributed by atoms with van der Waals surface area (Å²) in [6.45, 7) is 0.668. The molecule has 2 fully saturated rings. The molecule has 0 aliphatic carbocycles. The summed E-state index contributed by atoms with van der Waals surface area (Å²) in [5, 5.41) is 0.155. The Labute approximate surface area is 75.7 Å². The number of fused-ring (bicyclic) bond motifs is 2. The minimum absolute atomic E-state index is 0.155. The van der Waals surface area contributed by atoms with Crippen LogP contribution in [-0.4, -0.2) is 29.8 Å². The van der Waals surface area contributed by atoms with E-state index in [1.54, 1.807) is 0 Å². The second-order valence-corrected chi connectivity index (χ2v) is 3.32. The number of hydrogen-bond acceptors (Lipinski definition) is 3. The lowest BCUT2D eigenvalue weighted by Gasteiger charge is -2.19. The monoisotopic (exact) mass is 186 g/mol. The first-order chi connectivity index (χ1) is 5.75. The van der Waals surface area contributed by atoms with Crippen molar-refractivity contribution in [2.24, 2.45) is 10.7 Å². The average Bonchev–Trinajstić information content (AvgIpc) is 2.39. The van der Waals surface area contributed by atoms with Gasteiger partial charge in [0.1, 0.15) is 0 Å². The van der Waals surface area contributed by atoms with Crippen molar-refractivity contribution in [3.8, 4) is 0 Å². The first-order valence-corrected chi connectivity index (χ1v) is 4.30. The van der Waals surface area contributed by atoms with Gasteiger partial charge in [-0.2, -0.15) is 0 Å². The number of thiocarbonyl (C=S) groups is 1. The van der Waals surface area contributed by atoms with Crippen LogP contribution in [0.2, 0.25) is 0 Å². The predicted molar refractivity (Wildman–Crippen MR) is 48.1 cm³/mol. The van der Waals surface area contributed by atoms with Gasteiger partial charge in [-0.05, 0) is 25.1 Å². The van der Waals surface area contributed by atoms with Gasteiger partial charge in [-0.25, -0.2) is 4.99 Å². The molecule has 2 aliphatic heterocycles. The average molecular weight is 186 g/mol. The largest absolute Gasteiger partial charge is 0.374 e. The van der Waals surface area contributed by atoms with Crippen LogP contribution in [0, 0.1) is 0 Å². The zero-order valence-corrected chi connectivity index (χ0v) is 7.34. The number of ether oxygens (including phenoxy) is 2. The minimum atomic E-state index is -0.287. The van der Waals surface area contributed by atoms with Crippen molar-refractivity contribution in [3.05, 3.63) is 0 Å². The Balaban J connectivity index is 2.12. The molecule has 12 heavy (non-hydrogen) atoms. The van der Waals surface area contributed by atoms with Gasteiger partial charge in [0.2, 0.25) is 0 Å². The van der Waals surface area contributed by atoms with E-state index in [2.05, 4.69) is 17.2 Å². The van der Waals surface area contributed by atoms with Gasteiger partial charge in [-0.15, -0.1) is 0 Å². The van der Waals surface area contributed by atoms with Gasteiger partial charge in [-0.3, -0.25) is 0 Å². The topological polar surface area (TPSA) is 56.8 Å². The SMILES string of the molecule is NC(=S)N=C1CC[C@H]2CO[C@@H]1O2. The smallest absolute Gasteiger partial charge is 0.197 e. The van der Waals surface area contributed by atoms with Crippen LogP contribution in [0.15, 0.2) is 4.99 Å². The fourth-order valence-corrected chi connectivity index (χ4v) is 1.57. The van der Waals surface area contributed by atoms with Crippen molar-refractivity contribution in [1.29, 1.82) is 0 Å². The van der Waals surface area contributed by atoms with Crippen LogP contribution < -0.4 is 5.73 Å². The van der Waals surface area contributed by atoms with Crippen molar-refractivity contribution < 1.29 is 9.47 Å². The van der Waals surface area contributed by atoms with Crippen LogP contribution in [-0.2, 0) is 9.47 Å². The summed E-state index contributed by atoms with van der Waals surface area (Å²) < 4.78 is 10.8. The maximum Gasteiger partial charge on any atom is 0.197 e. The highest BCUT2D eigenvalue weighted by atomic mass is 32.1. The van der Waals surface area contributed by atoms with Crippen molar-refractivity contribution in [2.45, 2.75) is 25.2 Å². The first-order valence-electron chi connectivity index (χ1n) is 3.89. The standard InChI is InChI=1S/C7H10N2O2S/c8-7(12)9-5-2-1-4-3-10-6(5)11-4/h4,6H,1-3H2,(H2,8,12)/t4-,6+/m0/s1. The van der Waals surface area contributed by atoms with Crippen molar-refractivity contribution in [2.75, 3.05) is 6.61 Å². The van der Waals surface area contributed by atoms with Crippen LogP contribution in [0.3, 0.4) is 0 Å². The molecule has 0 unspecified atom stereocenters. The molecule has 0 aromatic heterocycles. The lowest BCUT2D eigenvalue weighted by Crippen LogP contribution is -2.29. The summed E-state index contributed by atoms with van der Waals surface area (Å²) in [5.41, 5.74) is 6.12. The van der Waals surface area contributed by atoms with Gasteiger partial charge in [0, 0.05) is 0 Å². The number of nitrogens with two attached hydrogens (primary N) is 1. The second-order valence-electron chi connectivity index (χ2n) is 2.90. The van der Waals surface area contributed by atoms with Crippen molar-refractivity contribution >= 4 is 23.0 Å². The fourth-order valence-electron chi connectivity index (χ4n) is 1.45. The summed E-state index contributed by atoms with van der Waals surface area (Å²) in [6.07, 6.45) is 1.80. The van der Waals surface area contributed by atoms with Crippen molar-refractivity contribution in [3.63, 3.8) is 0 Å². The molecule has 2 atom stereocenters. The van der Waals surface area contributed by atoms with Crippen LogP contribution in [0.5, 0.6) is 0 Å². The Bertz CT molecular complexity index is 242. The highest BCUT2D eigenvalue weighted by molar-refractivity contribution is 7.80. The molecule has 2 bridgehead atoms. The molecule has 2 heterocycles. The summed E-state index contributed by atoms with van der Waals surface area (Å²) in [7, 11) is 0. The molecular weight excluding hydrogens is 176 g/mol. The normalized spacial score (nSPS) is 37.2. The molecule has 4 nitrogen and oxygen atoms in total. The molecule has 0 amide bonds. The Morgan fingerprint density at radius 3 is 3.25 bits per heavy atom. The molecule has 0 saturated carbocycles. The zero-order chi connectivity index (χ0) is 8.55. The second kappa shape index (κ2) is 3.08. The highest BCUT2D eigenvalue weighted by Crippen LogP contribution is 2.24. The highest BCUT2D eigenvalue weighted by Gasteiger charge is 2.34. The van der Waals surface area contributed by atoms with Crippen LogP contribution in [0.4, 0.5) is 0 Å². The quantitative estimate of drug-likeness (QED) is 0.549. The Kier molecular flexibility index (Phi) is 2.08. The molecule has 5 heteroatoms. The summed E-state index contributed by atoms with van der Waals surface area (Å²) in [6, 6.07) is 0. The van der Waals surface area contributed by atoms with Gasteiger partial charge in [-0.1, -0.05) is 0 Å². The van der Waals surface area contributed by atoms with E-state index in [9.17, 15) is 0 Å². The van der Waals surface area contributed by atoms with Crippen LogP contribution >= 0.6 is 12.2 Å². The van der Waals surface area contributed by atoms with Gasteiger partial charge < -0.3 is 15.2 Å². The van der Waals surface area contributed by atoms with E-state index in [0.717, 1.165) is 18.6 Å². The van der Waals surface area contributed by atoms with E-state index in [1.807, 2.05) is 0 Å². The fraction of sp³-hybridized carbons (Fsp3) is 0.714. The molecule has 0 aromatic carbocycles. The van der Waals surface area contributed by atoms with Gasteiger partial charge in [0.15, 0.2) is 11.4 Å². The van der Waals surface area contributed by atoms with Gasteiger partial charge in [0.25, 0.3) is 0 Å². The number of nitrogens with zero attached hydrogens (tertiary/aromatic N) is 1. The van der Waals surface area contributed by atoms with E-state index in [1.165, 1.54) is 0 Å². The molecule has 0 spiro atoms. The lowest BCUT2D eigenvalue weighted by molar-refractivity contribution is -0.0162. The Hall–Kier alpha value is -0.520. The molecule has 0 aromatic rings. The Morgan fingerprint density at radius 1 is 1.67 bits per heavy atom. The van der Waals surface area contributed by atoms with E-state index in [0.29, 0.717) is 6.61 Å². The molecule has 0 radical (unpaired) electrons. The van der Waals surface area contributed by atoms with Crippen LogP contribution in [0.1, 0.15) is 12.8 Å². The van der Waals surface area contributed by atoms with E-state index >= 15 is 0 Å². The maximum absolute atomic E-state index is 5.44. The molecule has 2 saturated heterocycles. The number of aliphatic imine (C=N–C) groups is 1. The molecule has 2 aliphatic rings. The minimum Gasteiger partial charge on any atom is -0.374 e. The number of hydrogen-bond donors (Lipinski definition) is 1. The zero-order valence-electron chi connectivity index (χ0n) is 6.53. The number of rotatable bonds is 0. The van der Waals surface area contributed by atoms with Crippen LogP contribution in [0.25, 0.3) is 0 Å². The predicted octanol–water partition coefficient (Wildman–Crippen LogP) is 0.206. The summed E-state index contributed by atoms with van der Waals surface area (Å²) in [5.74, 6) is 0. The van der Waals surface area contributed by atoms with E-state index in [4.69, 9.17) is 15.2 Å². The molecule has 66 valence electrons. The lowest BCUT2D eigenvalue weighted by atomic mass is 10.1. The maximum atomic E-state index is 5.44. The third-order valence-electron chi connectivity index (χ3n) is 2.00. The summed E-state index contributed by atoms with van der Waals surface area (Å²) >= 11 is 4.67. The third-order valence-corrected chi connectivity index (χ3v) is 2.09. The van der Waals surface area contributed by atoms with Gasteiger partial charge >= 0.3 is 0 Å². The van der Waals surface area contributed by atoms with Crippen molar-refractivity contribution in [1.82, 2.24) is 0 Å². The van der Waals surface area contributed by atoms with E-state index < -0.39 is 0 Å². The Morgan fingerprint density at radius 2 is 2.50 bits per heavy atom. The van der Waals surface area contributed by atoms with Gasteiger partial charge in [0.05, 0.1) is 18.4 Å². The summed E-state index contributed by atoms with van der Waals surface area (Å²) in [4.78, 5) is 3.99. The first kappa shape index (κ1) is 8.10.